The van der Waals surface area contributed by atoms with Gasteiger partial charge in [0, 0.05) is 0 Å². The van der Waals surface area contributed by atoms with Crippen molar-refractivity contribution >= 4 is 0 Å². The number of rotatable bonds is 5. The smallest absolute Gasteiger partial charge is 0.0386 e. The highest BCUT2D eigenvalue weighted by molar-refractivity contribution is 4.82. The van der Waals surface area contributed by atoms with Gasteiger partial charge in [0.2, 0.25) is 0 Å². The number of unbranched alkanes of at least 4 members (excludes halogenated alkanes) is 2. The van der Waals surface area contributed by atoms with Gasteiger partial charge in [-0.1, -0.05) is 59.8 Å². The van der Waals surface area contributed by atoms with Crippen LogP contribution in [-0.2, 0) is 0 Å². The molecule has 1 saturated carbocycles. The fraction of sp³-hybridized carbons (Fsp3) is 1.00. The molecule has 0 aliphatic heterocycles. The predicted octanol–water partition coefficient (Wildman–Crippen LogP) is 5.28. The largest absolute Gasteiger partial charge is 0.0654 e. The van der Waals surface area contributed by atoms with Gasteiger partial charge in [0.15, 0.2) is 0 Å². The molecule has 4 atom stereocenters. The van der Waals surface area contributed by atoms with Crippen LogP contribution < -0.4 is 0 Å². The van der Waals surface area contributed by atoms with Gasteiger partial charge in [-0.25, -0.2) is 0 Å². The van der Waals surface area contributed by atoms with E-state index in [1.807, 2.05) is 0 Å². The lowest BCUT2D eigenvalue weighted by molar-refractivity contribution is 0.105. The fourth-order valence-corrected chi connectivity index (χ4v) is 3.45. The normalized spacial score (nSPS) is 36.8. The Kier molecular flexibility index (Phi) is 5.71. The summed E-state index contributed by atoms with van der Waals surface area (Å²) in [7, 11) is 0. The monoisotopic (exact) mass is 210 g/mol. The zero-order valence-electron chi connectivity index (χ0n) is 11.3. The Hall–Kier alpha value is 0. The van der Waals surface area contributed by atoms with E-state index in [4.69, 9.17) is 0 Å². The Balaban J connectivity index is 2.35. The standard InChI is InChI=1S/C15H30/c1-5-7-8-9-15-11-10-14(6-2)12(3)13(15)4/h12-15H,5-11H2,1-4H3. The van der Waals surface area contributed by atoms with Crippen LogP contribution in [0.1, 0.15) is 72.6 Å². The molecule has 1 fully saturated rings. The van der Waals surface area contributed by atoms with E-state index in [2.05, 4.69) is 27.7 Å². The summed E-state index contributed by atoms with van der Waals surface area (Å²) in [6, 6.07) is 0. The highest BCUT2D eigenvalue weighted by Gasteiger charge is 2.32. The lowest BCUT2D eigenvalue weighted by atomic mass is 9.66. The molecular weight excluding hydrogens is 180 g/mol. The van der Waals surface area contributed by atoms with Crippen molar-refractivity contribution in [2.45, 2.75) is 72.6 Å². The molecule has 0 aromatic rings. The maximum Gasteiger partial charge on any atom is -0.0386 e. The third-order valence-corrected chi connectivity index (χ3v) is 4.93. The maximum absolute atomic E-state index is 2.50. The van der Waals surface area contributed by atoms with E-state index in [-0.39, 0.29) is 0 Å². The van der Waals surface area contributed by atoms with Crippen LogP contribution in [0.15, 0.2) is 0 Å². The van der Waals surface area contributed by atoms with Crippen LogP contribution in [0.4, 0.5) is 0 Å². The molecule has 0 bridgehead atoms. The average Bonchev–Trinajstić information content (AvgIpc) is 2.25. The summed E-state index contributed by atoms with van der Waals surface area (Å²) in [5, 5.41) is 0. The lowest BCUT2D eigenvalue weighted by Crippen LogP contribution is -2.30. The van der Waals surface area contributed by atoms with Crippen LogP contribution in [0.2, 0.25) is 0 Å². The second-order valence-corrected chi connectivity index (χ2v) is 5.72. The van der Waals surface area contributed by atoms with Crippen LogP contribution >= 0.6 is 0 Å². The lowest BCUT2D eigenvalue weighted by Gasteiger charge is -2.40. The fourth-order valence-electron chi connectivity index (χ4n) is 3.45. The van der Waals surface area contributed by atoms with Crippen molar-refractivity contribution in [1.82, 2.24) is 0 Å². The topological polar surface area (TPSA) is 0 Å². The Morgan fingerprint density at radius 2 is 1.47 bits per heavy atom. The third-order valence-electron chi connectivity index (χ3n) is 4.93. The van der Waals surface area contributed by atoms with Gasteiger partial charge in [0.05, 0.1) is 0 Å². The second kappa shape index (κ2) is 6.55. The summed E-state index contributed by atoms with van der Waals surface area (Å²) < 4.78 is 0. The van der Waals surface area contributed by atoms with E-state index >= 15 is 0 Å². The van der Waals surface area contributed by atoms with Gasteiger partial charge in [-0.05, 0) is 36.5 Å². The molecule has 1 rings (SSSR count). The van der Waals surface area contributed by atoms with Crippen molar-refractivity contribution in [2.75, 3.05) is 0 Å². The number of hydrogen-bond donors (Lipinski definition) is 0. The molecule has 1 aliphatic carbocycles. The highest BCUT2D eigenvalue weighted by Crippen LogP contribution is 2.41. The predicted molar refractivity (Wildman–Crippen MR) is 69.0 cm³/mol. The molecule has 0 aromatic carbocycles. The van der Waals surface area contributed by atoms with Crippen LogP contribution in [0.5, 0.6) is 0 Å². The molecule has 0 nitrogen and oxygen atoms in total. The van der Waals surface area contributed by atoms with Crippen LogP contribution in [0.25, 0.3) is 0 Å². The van der Waals surface area contributed by atoms with Crippen molar-refractivity contribution in [1.29, 1.82) is 0 Å². The first-order valence-corrected chi connectivity index (χ1v) is 7.20. The van der Waals surface area contributed by atoms with Crippen molar-refractivity contribution in [3.8, 4) is 0 Å². The van der Waals surface area contributed by atoms with E-state index in [9.17, 15) is 0 Å². The number of hydrogen-bond acceptors (Lipinski definition) is 0. The first kappa shape index (κ1) is 13.1. The van der Waals surface area contributed by atoms with Gasteiger partial charge in [-0.2, -0.15) is 0 Å². The average molecular weight is 210 g/mol. The molecule has 90 valence electrons. The van der Waals surface area contributed by atoms with Gasteiger partial charge in [0.25, 0.3) is 0 Å². The van der Waals surface area contributed by atoms with Crippen molar-refractivity contribution in [2.24, 2.45) is 23.7 Å². The molecule has 0 heteroatoms. The minimum Gasteiger partial charge on any atom is -0.0654 e. The highest BCUT2D eigenvalue weighted by atomic mass is 14.4. The molecule has 15 heavy (non-hydrogen) atoms. The second-order valence-electron chi connectivity index (χ2n) is 5.72. The minimum absolute atomic E-state index is 0.968. The third kappa shape index (κ3) is 3.50. The van der Waals surface area contributed by atoms with Gasteiger partial charge in [0.1, 0.15) is 0 Å². The quantitative estimate of drug-likeness (QED) is 0.542. The summed E-state index contributed by atoms with van der Waals surface area (Å²) in [5.41, 5.74) is 0. The Morgan fingerprint density at radius 1 is 0.867 bits per heavy atom. The molecule has 0 amide bonds. The zero-order chi connectivity index (χ0) is 11.3. The molecule has 4 unspecified atom stereocenters. The maximum atomic E-state index is 2.50. The summed E-state index contributed by atoms with van der Waals surface area (Å²) in [5.74, 6) is 3.99. The van der Waals surface area contributed by atoms with E-state index in [1.165, 1.54) is 44.9 Å². The minimum atomic E-state index is 0.968. The molecule has 0 spiro atoms. The van der Waals surface area contributed by atoms with E-state index in [0.717, 1.165) is 23.7 Å². The Labute approximate surface area is 96.8 Å². The van der Waals surface area contributed by atoms with Crippen molar-refractivity contribution in [3.63, 3.8) is 0 Å². The molecule has 0 radical (unpaired) electrons. The summed E-state index contributed by atoms with van der Waals surface area (Å²) in [6.45, 7) is 9.67. The van der Waals surface area contributed by atoms with Crippen LogP contribution in [0, 0.1) is 23.7 Å². The van der Waals surface area contributed by atoms with E-state index < -0.39 is 0 Å². The Bertz CT molecular complexity index is 159. The van der Waals surface area contributed by atoms with Gasteiger partial charge in [-0.15, -0.1) is 0 Å². The molecule has 0 aromatic heterocycles. The molecule has 0 saturated heterocycles. The van der Waals surface area contributed by atoms with Crippen molar-refractivity contribution in [3.05, 3.63) is 0 Å². The molecular formula is C15H30. The molecule has 1 aliphatic rings. The van der Waals surface area contributed by atoms with Crippen molar-refractivity contribution < 1.29 is 0 Å². The van der Waals surface area contributed by atoms with Gasteiger partial charge < -0.3 is 0 Å². The molecule has 0 heterocycles. The first-order chi connectivity index (χ1) is 7.20. The molecule has 0 N–H and O–H groups in total. The van der Waals surface area contributed by atoms with Crippen LogP contribution in [0.3, 0.4) is 0 Å². The van der Waals surface area contributed by atoms with E-state index in [1.54, 1.807) is 0 Å². The first-order valence-electron chi connectivity index (χ1n) is 7.20. The van der Waals surface area contributed by atoms with Crippen LogP contribution in [-0.4, -0.2) is 0 Å². The SMILES string of the molecule is CCCCCC1CCC(CC)C(C)C1C. The van der Waals surface area contributed by atoms with E-state index in [0.29, 0.717) is 0 Å². The summed E-state index contributed by atoms with van der Waals surface area (Å²) in [4.78, 5) is 0. The van der Waals surface area contributed by atoms with Gasteiger partial charge >= 0.3 is 0 Å². The summed E-state index contributed by atoms with van der Waals surface area (Å²) in [6.07, 6.45) is 10.2. The zero-order valence-corrected chi connectivity index (χ0v) is 11.3. The Morgan fingerprint density at radius 3 is 2.07 bits per heavy atom. The summed E-state index contributed by atoms with van der Waals surface area (Å²) >= 11 is 0. The van der Waals surface area contributed by atoms with Gasteiger partial charge in [-0.3, -0.25) is 0 Å².